The van der Waals surface area contributed by atoms with Gasteiger partial charge in [0.1, 0.15) is 11.6 Å². The Bertz CT molecular complexity index is 1110. The number of para-hydroxylation sites is 1. The molecule has 0 atom stereocenters. The lowest BCUT2D eigenvalue weighted by Gasteiger charge is -2.11. The summed E-state index contributed by atoms with van der Waals surface area (Å²) in [6, 6.07) is 23.1. The molecule has 4 rings (SSSR count). The van der Waals surface area contributed by atoms with E-state index in [2.05, 4.69) is 41.4 Å². The van der Waals surface area contributed by atoms with Crippen molar-refractivity contribution in [2.45, 2.75) is 28.5 Å². The summed E-state index contributed by atoms with van der Waals surface area (Å²) in [5.41, 5.74) is 2.68. The van der Waals surface area contributed by atoms with Crippen LogP contribution in [0.25, 0.3) is 5.69 Å². The van der Waals surface area contributed by atoms with Crippen LogP contribution in [0.15, 0.2) is 82.8 Å². The number of hydrogen-bond acceptors (Lipinski definition) is 4. The van der Waals surface area contributed by atoms with E-state index >= 15 is 0 Å². The monoisotopic (exact) mass is 455 g/mol. The van der Waals surface area contributed by atoms with Gasteiger partial charge in [-0.2, -0.15) is 0 Å². The normalized spacial score (nSPS) is 11.0. The molecule has 0 aliphatic rings. The lowest BCUT2D eigenvalue weighted by molar-refractivity contribution is 0.617. The molecule has 0 spiro atoms. The molecule has 3 aromatic carbocycles. The highest BCUT2D eigenvalue weighted by molar-refractivity contribution is 7.98. The van der Waals surface area contributed by atoms with E-state index in [1.54, 1.807) is 23.9 Å². The van der Waals surface area contributed by atoms with Crippen molar-refractivity contribution in [2.75, 3.05) is 0 Å². The van der Waals surface area contributed by atoms with Crippen molar-refractivity contribution < 1.29 is 4.39 Å². The average Bonchev–Trinajstić information content (AvgIpc) is 3.16. The SMILES string of the molecule is Cc1ccc(SCc2nnc(SCc3c(F)cccc3Cl)n2-c2ccccc2)cc1. The number of benzene rings is 3. The van der Waals surface area contributed by atoms with Crippen molar-refractivity contribution in [1.29, 1.82) is 0 Å². The molecule has 0 aliphatic heterocycles. The molecule has 7 heteroatoms. The second kappa shape index (κ2) is 9.69. The summed E-state index contributed by atoms with van der Waals surface area (Å²) < 4.78 is 16.2. The van der Waals surface area contributed by atoms with Crippen LogP contribution in [0.3, 0.4) is 0 Å². The maximum absolute atomic E-state index is 14.2. The molecule has 30 heavy (non-hydrogen) atoms. The van der Waals surface area contributed by atoms with Gasteiger partial charge in [-0.25, -0.2) is 4.39 Å². The van der Waals surface area contributed by atoms with E-state index in [4.69, 9.17) is 11.6 Å². The number of nitrogens with zero attached hydrogens (tertiary/aromatic N) is 3. The Hall–Kier alpha value is -2.28. The molecule has 1 heterocycles. The zero-order valence-corrected chi connectivity index (χ0v) is 18.6. The number of halogens is 2. The van der Waals surface area contributed by atoms with E-state index in [1.165, 1.54) is 28.3 Å². The molecular formula is C23H19ClFN3S2. The number of thioether (sulfide) groups is 2. The lowest BCUT2D eigenvalue weighted by Crippen LogP contribution is -2.02. The van der Waals surface area contributed by atoms with Crippen molar-refractivity contribution in [3.05, 3.63) is 101 Å². The Morgan fingerprint density at radius 1 is 0.867 bits per heavy atom. The van der Waals surface area contributed by atoms with Gasteiger partial charge < -0.3 is 0 Å². The zero-order chi connectivity index (χ0) is 20.9. The van der Waals surface area contributed by atoms with Crippen molar-refractivity contribution >= 4 is 35.1 Å². The molecule has 0 N–H and O–H groups in total. The van der Waals surface area contributed by atoms with Gasteiger partial charge in [0, 0.05) is 26.9 Å². The van der Waals surface area contributed by atoms with Crippen molar-refractivity contribution in [1.82, 2.24) is 14.8 Å². The van der Waals surface area contributed by atoms with E-state index in [-0.39, 0.29) is 5.82 Å². The van der Waals surface area contributed by atoms with Crippen LogP contribution in [0.2, 0.25) is 5.02 Å². The molecular weight excluding hydrogens is 437 g/mol. The molecule has 0 unspecified atom stereocenters. The molecule has 0 amide bonds. The molecule has 152 valence electrons. The second-order valence-electron chi connectivity index (χ2n) is 6.66. The van der Waals surface area contributed by atoms with E-state index in [0.29, 0.717) is 27.2 Å². The van der Waals surface area contributed by atoms with E-state index in [9.17, 15) is 4.39 Å². The summed E-state index contributed by atoms with van der Waals surface area (Å²) in [6.07, 6.45) is 0. The number of aromatic nitrogens is 3. The highest BCUT2D eigenvalue weighted by Crippen LogP contribution is 2.31. The number of hydrogen-bond donors (Lipinski definition) is 0. The summed E-state index contributed by atoms with van der Waals surface area (Å²) in [5, 5.41) is 9.95. The van der Waals surface area contributed by atoms with Crippen molar-refractivity contribution in [2.24, 2.45) is 0 Å². The zero-order valence-electron chi connectivity index (χ0n) is 16.3. The molecule has 0 saturated heterocycles. The topological polar surface area (TPSA) is 30.7 Å². The highest BCUT2D eigenvalue weighted by atomic mass is 35.5. The quantitative estimate of drug-likeness (QED) is 0.282. The van der Waals surface area contributed by atoms with Gasteiger partial charge in [0.15, 0.2) is 5.16 Å². The summed E-state index contributed by atoms with van der Waals surface area (Å²) in [4.78, 5) is 1.18. The molecule has 4 aromatic rings. The molecule has 3 nitrogen and oxygen atoms in total. The van der Waals surface area contributed by atoms with Gasteiger partial charge in [0.05, 0.1) is 5.75 Å². The van der Waals surface area contributed by atoms with Crippen LogP contribution in [0.1, 0.15) is 17.0 Å². The molecule has 1 aromatic heterocycles. The molecule has 0 bridgehead atoms. The first kappa shape index (κ1) is 21.0. The molecule has 0 saturated carbocycles. The summed E-state index contributed by atoms with van der Waals surface area (Å²) in [7, 11) is 0. The number of aryl methyl sites for hydroxylation is 1. The number of rotatable bonds is 7. The fourth-order valence-corrected chi connectivity index (χ4v) is 5.04. The van der Waals surface area contributed by atoms with Crippen LogP contribution >= 0.6 is 35.1 Å². The van der Waals surface area contributed by atoms with Crippen molar-refractivity contribution in [3.8, 4) is 5.69 Å². The Kier molecular flexibility index (Phi) is 6.77. The maximum Gasteiger partial charge on any atom is 0.196 e. The Labute approximate surface area is 188 Å². The minimum absolute atomic E-state index is 0.309. The minimum atomic E-state index is -0.309. The summed E-state index contributed by atoms with van der Waals surface area (Å²) in [6.45, 7) is 2.08. The van der Waals surface area contributed by atoms with Gasteiger partial charge in [-0.05, 0) is 43.3 Å². The van der Waals surface area contributed by atoms with Crippen LogP contribution in [0.5, 0.6) is 0 Å². The van der Waals surface area contributed by atoms with Crippen LogP contribution in [-0.4, -0.2) is 14.8 Å². The van der Waals surface area contributed by atoms with E-state index in [1.807, 2.05) is 34.9 Å². The van der Waals surface area contributed by atoms with Gasteiger partial charge in [-0.15, -0.1) is 22.0 Å². The van der Waals surface area contributed by atoms with E-state index < -0.39 is 0 Å². The smallest absolute Gasteiger partial charge is 0.196 e. The fourth-order valence-electron chi connectivity index (χ4n) is 2.91. The summed E-state index contributed by atoms with van der Waals surface area (Å²) in [5.74, 6) is 1.58. The third kappa shape index (κ3) is 4.89. The van der Waals surface area contributed by atoms with Crippen molar-refractivity contribution in [3.63, 3.8) is 0 Å². The fraction of sp³-hybridized carbons (Fsp3) is 0.130. The van der Waals surface area contributed by atoms with E-state index in [0.717, 1.165) is 11.5 Å². The van der Waals surface area contributed by atoms with Crippen LogP contribution < -0.4 is 0 Å². The van der Waals surface area contributed by atoms with Gasteiger partial charge in [0.2, 0.25) is 0 Å². The molecule has 0 radical (unpaired) electrons. The third-order valence-corrected chi connectivity index (χ3v) is 6.83. The minimum Gasteiger partial charge on any atom is -0.273 e. The van der Waals surface area contributed by atoms with Gasteiger partial charge in [-0.3, -0.25) is 4.57 Å². The Morgan fingerprint density at radius 3 is 2.37 bits per heavy atom. The highest BCUT2D eigenvalue weighted by Gasteiger charge is 2.16. The first-order valence-electron chi connectivity index (χ1n) is 9.36. The van der Waals surface area contributed by atoms with Gasteiger partial charge in [-0.1, -0.05) is 65.3 Å². The maximum atomic E-state index is 14.2. The largest absolute Gasteiger partial charge is 0.273 e. The standard InChI is InChI=1S/C23H19ClFN3S2/c1-16-10-12-18(13-11-16)29-15-22-26-27-23(28(22)17-6-3-2-4-7-17)30-14-19-20(24)8-5-9-21(19)25/h2-13H,14-15H2,1H3. The molecule has 0 aliphatic carbocycles. The van der Waals surface area contributed by atoms with Crippen LogP contribution in [0.4, 0.5) is 4.39 Å². The predicted octanol–water partition coefficient (Wildman–Crippen LogP) is 6.95. The second-order valence-corrected chi connectivity index (χ2v) is 9.06. The predicted molar refractivity (Wildman–Crippen MR) is 123 cm³/mol. The molecule has 0 fully saturated rings. The lowest BCUT2D eigenvalue weighted by atomic mass is 10.2. The van der Waals surface area contributed by atoms with Crippen LogP contribution in [0, 0.1) is 12.7 Å². The average molecular weight is 456 g/mol. The third-order valence-electron chi connectivity index (χ3n) is 4.51. The van der Waals surface area contributed by atoms with Gasteiger partial charge in [0.25, 0.3) is 0 Å². The summed E-state index contributed by atoms with van der Waals surface area (Å²) >= 11 is 9.32. The van der Waals surface area contributed by atoms with Gasteiger partial charge >= 0.3 is 0 Å². The first-order chi connectivity index (χ1) is 14.6. The first-order valence-corrected chi connectivity index (χ1v) is 11.7. The Morgan fingerprint density at radius 2 is 1.63 bits per heavy atom. The van der Waals surface area contributed by atoms with Crippen LogP contribution in [-0.2, 0) is 11.5 Å². The Balaban J connectivity index is 1.60.